The highest BCUT2D eigenvalue weighted by Gasteiger charge is 2.20. The van der Waals surface area contributed by atoms with Gasteiger partial charge in [0.25, 0.3) is 0 Å². The molecule has 25 heavy (non-hydrogen) atoms. The van der Waals surface area contributed by atoms with Crippen LogP contribution in [0, 0.1) is 11.3 Å². The number of hydrogen-bond acceptors (Lipinski definition) is 4. The van der Waals surface area contributed by atoms with E-state index in [2.05, 4.69) is 11.4 Å². The Labute approximate surface area is 149 Å². The largest absolute Gasteiger partial charge is 0.325 e. The molecule has 0 saturated heterocycles. The Bertz CT molecular complexity index is 794. The minimum atomic E-state index is -3.47. The van der Waals surface area contributed by atoms with Crippen LogP contribution in [-0.2, 0) is 14.8 Å². The van der Waals surface area contributed by atoms with Crippen LogP contribution in [0.5, 0.6) is 0 Å². The first kappa shape index (κ1) is 19.2. The first-order valence-electron chi connectivity index (χ1n) is 8.31. The lowest BCUT2D eigenvalue weighted by atomic mass is 9.97. The molecule has 0 fully saturated rings. The molecule has 0 atom stereocenters. The summed E-state index contributed by atoms with van der Waals surface area (Å²) in [6.07, 6.45) is 8.33. The van der Waals surface area contributed by atoms with E-state index in [4.69, 9.17) is 5.26 Å². The van der Waals surface area contributed by atoms with Crippen molar-refractivity contribution >= 4 is 21.6 Å². The molecule has 0 heterocycles. The second-order valence-corrected chi connectivity index (χ2v) is 8.18. The highest BCUT2D eigenvalue weighted by Crippen LogP contribution is 2.20. The summed E-state index contributed by atoms with van der Waals surface area (Å²) in [5, 5.41) is 11.5. The minimum absolute atomic E-state index is 0.233. The van der Waals surface area contributed by atoms with Crippen molar-refractivity contribution in [3.63, 3.8) is 0 Å². The van der Waals surface area contributed by atoms with E-state index in [0.717, 1.165) is 25.5 Å². The van der Waals surface area contributed by atoms with E-state index in [1.165, 1.54) is 16.3 Å². The molecule has 7 heteroatoms. The van der Waals surface area contributed by atoms with E-state index < -0.39 is 15.9 Å². The molecule has 0 unspecified atom stereocenters. The van der Waals surface area contributed by atoms with E-state index in [-0.39, 0.29) is 6.54 Å². The average Bonchev–Trinajstić information content (AvgIpc) is 2.58. The predicted octanol–water partition coefficient (Wildman–Crippen LogP) is 2.65. The lowest BCUT2D eigenvalue weighted by Gasteiger charge is -2.21. The van der Waals surface area contributed by atoms with Crippen LogP contribution in [-0.4, -0.2) is 38.0 Å². The Morgan fingerprint density at radius 2 is 2.16 bits per heavy atom. The van der Waals surface area contributed by atoms with Gasteiger partial charge in [-0.2, -0.15) is 9.57 Å². The first-order chi connectivity index (χ1) is 11.9. The van der Waals surface area contributed by atoms with E-state index in [1.54, 1.807) is 24.3 Å². The van der Waals surface area contributed by atoms with E-state index in [1.807, 2.05) is 6.07 Å². The number of anilines is 1. The standard InChI is InChI=1S/C18H23N3O3S/c1-25(23,24)21(11-10-15-6-3-2-4-7-15)14-18(22)20-17-9-5-8-16(12-17)13-19/h5-6,8-9,12H,2-4,7,10-11,14H2,1H3,(H,20,22). The van der Waals surface area contributed by atoms with E-state index in [9.17, 15) is 13.2 Å². The van der Waals surface area contributed by atoms with Gasteiger partial charge in [0.15, 0.2) is 0 Å². The van der Waals surface area contributed by atoms with Gasteiger partial charge in [-0.3, -0.25) is 4.79 Å². The third-order valence-corrected chi connectivity index (χ3v) is 5.38. The van der Waals surface area contributed by atoms with Crippen molar-refractivity contribution in [3.05, 3.63) is 41.5 Å². The molecule has 0 aromatic heterocycles. The number of amides is 1. The average molecular weight is 361 g/mol. The summed E-state index contributed by atoms with van der Waals surface area (Å²) in [6.45, 7) is 0.0687. The number of sulfonamides is 1. The maximum atomic E-state index is 12.2. The van der Waals surface area contributed by atoms with Crippen LogP contribution in [0.15, 0.2) is 35.9 Å². The van der Waals surface area contributed by atoms with Gasteiger partial charge in [0.1, 0.15) is 0 Å². The van der Waals surface area contributed by atoms with Crippen molar-refractivity contribution in [1.82, 2.24) is 4.31 Å². The summed E-state index contributed by atoms with van der Waals surface area (Å²) in [6, 6.07) is 8.51. The summed E-state index contributed by atoms with van der Waals surface area (Å²) in [7, 11) is -3.47. The van der Waals surface area contributed by atoms with Gasteiger partial charge in [-0.05, 0) is 50.3 Å². The minimum Gasteiger partial charge on any atom is -0.325 e. The van der Waals surface area contributed by atoms with Gasteiger partial charge >= 0.3 is 0 Å². The van der Waals surface area contributed by atoms with Crippen molar-refractivity contribution in [2.75, 3.05) is 24.7 Å². The number of carbonyl (C=O) groups excluding carboxylic acids is 1. The van der Waals surface area contributed by atoms with Crippen LogP contribution in [0.25, 0.3) is 0 Å². The molecule has 1 amide bonds. The zero-order valence-electron chi connectivity index (χ0n) is 14.4. The summed E-state index contributed by atoms with van der Waals surface area (Å²) < 4.78 is 25.2. The number of rotatable bonds is 7. The molecule has 0 spiro atoms. The topological polar surface area (TPSA) is 90.3 Å². The number of carbonyl (C=O) groups is 1. The van der Waals surface area contributed by atoms with E-state index in [0.29, 0.717) is 24.2 Å². The smallest absolute Gasteiger partial charge is 0.239 e. The molecule has 1 aromatic rings. The van der Waals surface area contributed by atoms with Crippen LogP contribution in [0.1, 0.15) is 37.7 Å². The van der Waals surface area contributed by atoms with Gasteiger partial charge in [-0.15, -0.1) is 0 Å². The molecule has 1 aliphatic rings. The molecule has 6 nitrogen and oxygen atoms in total. The Hall–Kier alpha value is -2.17. The zero-order chi connectivity index (χ0) is 18.3. The summed E-state index contributed by atoms with van der Waals surface area (Å²) in [5.41, 5.74) is 2.18. The number of hydrogen-bond donors (Lipinski definition) is 1. The third-order valence-electron chi connectivity index (χ3n) is 4.13. The number of nitrogens with one attached hydrogen (secondary N) is 1. The van der Waals surface area contributed by atoms with Crippen LogP contribution in [0.4, 0.5) is 5.69 Å². The fourth-order valence-corrected chi connectivity index (χ4v) is 3.56. The SMILES string of the molecule is CS(=O)(=O)N(CCC1=CCCCC1)CC(=O)Nc1cccc(C#N)c1. The summed E-state index contributed by atoms with van der Waals surface area (Å²) in [5.74, 6) is -0.418. The summed E-state index contributed by atoms with van der Waals surface area (Å²) in [4.78, 5) is 12.2. The lowest BCUT2D eigenvalue weighted by molar-refractivity contribution is -0.116. The second-order valence-electron chi connectivity index (χ2n) is 6.20. The molecule has 0 bridgehead atoms. The predicted molar refractivity (Wildman–Crippen MR) is 97.4 cm³/mol. The molecule has 0 radical (unpaired) electrons. The number of nitrogens with zero attached hydrogens (tertiary/aromatic N) is 2. The van der Waals surface area contributed by atoms with Crippen LogP contribution in [0.3, 0.4) is 0 Å². The van der Waals surface area contributed by atoms with Gasteiger partial charge < -0.3 is 5.32 Å². The Morgan fingerprint density at radius 3 is 2.80 bits per heavy atom. The van der Waals surface area contributed by atoms with Crippen molar-refractivity contribution in [3.8, 4) is 6.07 Å². The van der Waals surface area contributed by atoms with Crippen molar-refractivity contribution in [2.24, 2.45) is 0 Å². The quantitative estimate of drug-likeness (QED) is 0.756. The molecule has 0 aliphatic heterocycles. The summed E-state index contributed by atoms with van der Waals surface area (Å²) >= 11 is 0. The number of allylic oxidation sites excluding steroid dienone is 1. The van der Waals surface area contributed by atoms with Crippen LogP contribution in [0.2, 0.25) is 0 Å². The van der Waals surface area contributed by atoms with Gasteiger partial charge in [-0.25, -0.2) is 8.42 Å². The molecule has 1 N–H and O–H groups in total. The van der Waals surface area contributed by atoms with Gasteiger partial charge in [0, 0.05) is 12.2 Å². The van der Waals surface area contributed by atoms with Crippen molar-refractivity contribution in [2.45, 2.75) is 32.1 Å². The molecular weight excluding hydrogens is 338 g/mol. The van der Waals surface area contributed by atoms with E-state index >= 15 is 0 Å². The molecule has 1 aliphatic carbocycles. The maximum absolute atomic E-state index is 12.2. The molecule has 2 rings (SSSR count). The molecular formula is C18H23N3O3S. The fourth-order valence-electron chi connectivity index (χ4n) is 2.79. The number of benzene rings is 1. The van der Waals surface area contributed by atoms with Gasteiger partial charge in [-0.1, -0.05) is 17.7 Å². The number of nitriles is 1. The second kappa shape index (κ2) is 8.79. The highest BCUT2D eigenvalue weighted by molar-refractivity contribution is 7.88. The normalized spacial score (nSPS) is 14.7. The maximum Gasteiger partial charge on any atom is 0.239 e. The Balaban J connectivity index is 1.97. The fraction of sp³-hybridized carbons (Fsp3) is 0.444. The molecule has 1 aromatic carbocycles. The zero-order valence-corrected chi connectivity index (χ0v) is 15.2. The molecule has 0 saturated carbocycles. The highest BCUT2D eigenvalue weighted by atomic mass is 32.2. The van der Waals surface area contributed by atoms with Gasteiger partial charge in [0.05, 0.1) is 24.4 Å². The molecule has 134 valence electrons. The monoisotopic (exact) mass is 361 g/mol. The van der Waals surface area contributed by atoms with Crippen molar-refractivity contribution < 1.29 is 13.2 Å². The van der Waals surface area contributed by atoms with Crippen LogP contribution >= 0.6 is 0 Å². The Morgan fingerprint density at radius 1 is 1.36 bits per heavy atom. The van der Waals surface area contributed by atoms with Crippen molar-refractivity contribution in [1.29, 1.82) is 5.26 Å². The third kappa shape index (κ3) is 6.33. The van der Waals surface area contributed by atoms with Crippen LogP contribution < -0.4 is 5.32 Å². The lowest BCUT2D eigenvalue weighted by Crippen LogP contribution is -2.38. The Kier molecular flexibility index (Phi) is 6.73. The first-order valence-corrected chi connectivity index (χ1v) is 10.2. The van der Waals surface area contributed by atoms with Gasteiger partial charge in [0.2, 0.25) is 15.9 Å².